The zero-order valence-electron chi connectivity index (χ0n) is 75.8. The third-order valence-electron chi connectivity index (χ3n) is 26.2. The first kappa shape index (κ1) is 83.6. The average Bonchev–Trinajstić information content (AvgIpc) is 1.05. The Morgan fingerprint density at radius 2 is 0.523 bits per heavy atom. The summed E-state index contributed by atoms with van der Waals surface area (Å²) in [7, 11) is -4.48. The Bertz CT molecular complexity index is 7230. The molecule has 2 aliphatic heterocycles. The fraction of sp³-hybridized carbons (Fsp3) is 0.153. The van der Waals surface area contributed by atoms with Crippen LogP contribution in [0.25, 0.3) is 89.1 Å². The third-order valence-corrected chi connectivity index (χ3v) is 33.2. The Labute approximate surface area is 754 Å². The Morgan fingerprint density at radius 1 is 0.250 bits per heavy atom. The van der Waals surface area contributed by atoms with E-state index >= 15 is 8.78 Å². The molecule has 0 spiro atoms. The van der Waals surface area contributed by atoms with Crippen LogP contribution >= 0.6 is 0 Å². The molecule has 0 bridgehead atoms. The molecule has 2 aliphatic rings. The van der Waals surface area contributed by atoms with Crippen LogP contribution in [0.3, 0.4) is 0 Å². The molecule has 16 aromatic carbocycles. The molecule has 0 saturated carbocycles. The second-order valence-corrected chi connectivity index (χ2v) is 46.5. The Morgan fingerprint density at radius 3 is 0.844 bits per heavy atom. The summed E-state index contributed by atoms with van der Waals surface area (Å²) in [6.45, 7) is 36.7. The average molecular weight is 1710 g/mol. The van der Waals surface area contributed by atoms with Crippen LogP contribution in [-0.2, 0) is 10.8 Å². The highest BCUT2D eigenvalue weighted by Gasteiger charge is 2.45. The van der Waals surface area contributed by atoms with Crippen molar-refractivity contribution < 1.29 is 17.6 Å². The van der Waals surface area contributed by atoms with E-state index in [1.54, 1.807) is 12.1 Å². The van der Waals surface area contributed by atoms with Crippen molar-refractivity contribution in [3.63, 3.8) is 0 Å². The molecule has 18 aromatic rings. The predicted octanol–water partition coefficient (Wildman–Crippen LogP) is 31.7. The van der Waals surface area contributed by atoms with Gasteiger partial charge in [-0.25, -0.2) is 8.78 Å². The highest BCUT2D eigenvalue weighted by molar-refractivity contribution is 7.05. The second-order valence-electron chi connectivity index (χ2n) is 38.0. The van der Waals surface area contributed by atoms with Gasteiger partial charge in [0.05, 0.1) is 28.4 Å². The van der Waals surface area contributed by atoms with Crippen LogP contribution in [-0.4, -0.2) is 16.1 Å². The van der Waals surface area contributed by atoms with E-state index in [0.29, 0.717) is 11.4 Å². The van der Waals surface area contributed by atoms with Crippen LogP contribution < -0.4 is 40.3 Å². The minimum atomic E-state index is -2.36. The number of nitrogens with zero attached hydrogens (tertiary/aromatic N) is 4. The maximum atomic E-state index is 17.4. The summed E-state index contributed by atoms with van der Waals surface area (Å²) in [5.41, 5.74) is 32.2. The van der Waals surface area contributed by atoms with Gasteiger partial charge in [0.25, 0.3) is 0 Å². The van der Waals surface area contributed by atoms with Gasteiger partial charge in [0, 0.05) is 85.0 Å². The monoisotopic (exact) mass is 1700 g/mol. The minimum absolute atomic E-state index is 0.0747. The van der Waals surface area contributed by atoms with Gasteiger partial charge in [0.1, 0.15) is 50.5 Å². The molecule has 10 heteroatoms. The second kappa shape index (κ2) is 32.8. The van der Waals surface area contributed by atoms with Gasteiger partial charge in [0.2, 0.25) is 0 Å². The minimum Gasteiger partial charge on any atom is -0.456 e. The van der Waals surface area contributed by atoms with Crippen molar-refractivity contribution in [1.29, 1.82) is 0 Å². The lowest BCUT2D eigenvalue weighted by Crippen LogP contribution is -2.49. The number of hydrogen-bond acceptors (Lipinski definition) is 6. The lowest BCUT2D eigenvalue weighted by Gasteiger charge is -2.30. The number of benzene rings is 16. The molecular formula is C118H106F2N4O2Si2. The third kappa shape index (κ3) is 15.2. The zero-order chi connectivity index (χ0) is 89.0. The number of para-hydroxylation sites is 2. The Balaban J connectivity index is 0.000000170. The first-order valence-electron chi connectivity index (χ1n) is 44.6. The first-order valence-corrected chi connectivity index (χ1v) is 50.6. The SMILES string of the molecule is C[Si]1(C)c2ccc(N(c3ccccc3)c3c(F)cc(-c4ccccc4)cc3-c3ccccc3)cc2-c2oc3cc(N(c4ccccc4)c4c(F)cc(-c5ccccc5)cc4-c4ccccc4)ccc3c21.Cc1cc(C)c(N(c2ccc(C(C)(C)C)cc2)c2ccc3c(c2)-c2oc4cc(N(c5ccc(C(C)(C)C)cc5)c5c(C)cc(C)cc5C)ccc4c2[Si]3(C)C)c(C)c1. The van der Waals surface area contributed by atoms with Gasteiger partial charge in [-0.1, -0.05) is 297 Å². The summed E-state index contributed by atoms with van der Waals surface area (Å²) in [6.07, 6.45) is 0. The van der Waals surface area contributed by atoms with Crippen molar-refractivity contribution in [2.45, 2.75) is 120 Å². The van der Waals surface area contributed by atoms with Crippen molar-refractivity contribution >= 4 is 127 Å². The summed E-state index contributed by atoms with van der Waals surface area (Å²) < 4.78 is 48.9. The van der Waals surface area contributed by atoms with Crippen LogP contribution in [0.1, 0.15) is 86.1 Å². The van der Waals surface area contributed by atoms with Gasteiger partial charge in [-0.3, -0.25) is 0 Å². The molecule has 0 saturated heterocycles. The zero-order valence-corrected chi connectivity index (χ0v) is 77.8. The maximum Gasteiger partial charge on any atom is 0.148 e. The molecule has 128 heavy (non-hydrogen) atoms. The van der Waals surface area contributed by atoms with Crippen LogP contribution in [0.5, 0.6) is 0 Å². The summed E-state index contributed by atoms with van der Waals surface area (Å²) in [5.74, 6) is 1.18. The van der Waals surface area contributed by atoms with Crippen LogP contribution in [0.4, 0.5) is 77.0 Å². The van der Waals surface area contributed by atoms with Gasteiger partial charge in [0.15, 0.2) is 0 Å². The van der Waals surface area contributed by atoms with E-state index in [0.717, 1.165) is 124 Å². The normalized spacial score (nSPS) is 12.9. The van der Waals surface area contributed by atoms with Crippen LogP contribution in [0.2, 0.25) is 26.2 Å². The van der Waals surface area contributed by atoms with Crippen molar-refractivity contribution in [1.82, 2.24) is 0 Å². The quantitative estimate of drug-likeness (QED) is 0.0898. The lowest BCUT2D eigenvalue weighted by atomic mass is 9.87. The molecule has 4 heterocycles. The molecule has 0 radical (unpaired) electrons. The van der Waals surface area contributed by atoms with Crippen molar-refractivity contribution in [3.8, 4) is 67.2 Å². The number of anilines is 12. The lowest BCUT2D eigenvalue weighted by molar-refractivity contribution is 0.590. The maximum absolute atomic E-state index is 17.4. The van der Waals surface area contributed by atoms with Gasteiger partial charge in [-0.05, 0) is 261 Å². The highest BCUT2D eigenvalue weighted by Crippen LogP contribution is 2.52. The number of rotatable bonds is 16. The smallest absolute Gasteiger partial charge is 0.148 e. The molecule has 0 fully saturated rings. The number of hydrogen-bond donors (Lipinski definition) is 0. The fourth-order valence-electron chi connectivity index (χ4n) is 20.1. The van der Waals surface area contributed by atoms with Gasteiger partial charge in [-0.2, -0.15) is 0 Å². The molecule has 6 nitrogen and oxygen atoms in total. The number of furan rings is 2. The van der Waals surface area contributed by atoms with Gasteiger partial charge in [-0.15, -0.1) is 0 Å². The van der Waals surface area contributed by atoms with E-state index in [4.69, 9.17) is 8.83 Å². The largest absolute Gasteiger partial charge is 0.456 e. The van der Waals surface area contributed by atoms with E-state index in [9.17, 15) is 0 Å². The number of fused-ring (bicyclic) bond motifs is 10. The van der Waals surface area contributed by atoms with E-state index < -0.39 is 16.1 Å². The standard InChI is InChI=1S/C64H46F2N2OSi.C54H60N2OSi/c1-70(2)60-36-34-51(67(49-29-17-7-18-30-49)61-54(45-25-13-5-14-26-45)37-47(39-57(61)65)43-21-9-3-10-22-43)41-56(60)63-64(70)53-35-33-52(42-59(53)69-63)68(50-31-19-8-20-32-50)62-55(46-27-15-6-16-28-46)38-48(40-58(62)66)44-23-11-4-12-24-44;1-33-27-35(3)49(36(4)28-33)55(41-19-15-39(16-20-41)53(7,8)9)43-24-26-48-46(31-43)51-52(58(48,13)14)45-25-23-44(32-47(45)57-51)56(50-37(5)29-34(2)30-38(50)6)42-21-17-40(18-22-42)54(10,11)12/h3-42H,1-2H3;15-32H,1-14H3. The molecule has 632 valence electrons. The van der Waals surface area contributed by atoms with E-state index in [1.807, 2.05) is 192 Å². The molecule has 0 aliphatic carbocycles. The summed E-state index contributed by atoms with van der Waals surface area (Å²) >= 11 is 0. The fourth-order valence-corrected chi connectivity index (χ4v) is 26.6. The van der Waals surface area contributed by atoms with Crippen LogP contribution in [0.15, 0.2) is 361 Å². The van der Waals surface area contributed by atoms with Crippen LogP contribution in [0, 0.1) is 53.2 Å². The summed E-state index contributed by atoms with van der Waals surface area (Å²) in [4.78, 5) is 8.93. The molecule has 0 unspecified atom stereocenters. The Kier molecular flexibility index (Phi) is 21.4. The highest BCUT2D eigenvalue weighted by atomic mass is 28.3. The molecule has 0 atom stereocenters. The van der Waals surface area contributed by atoms with Gasteiger partial charge < -0.3 is 28.4 Å². The molecule has 0 N–H and O–H groups in total. The summed E-state index contributed by atoms with van der Waals surface area (Å²) in [6, 6.07) is 122. The molecule has 0 amide bonds. The van der Waals surface area contributed by atoms with Crippen molar-refractivity contribution in [3.05, 3.63) is 408 Å². The van der Waals surface area contributed by atoms with Crippen molar-refractivity contribution in [2.75, 3.05) is 19.6 Å². The topological polar surface area (TPSA) is 39.2 Å². The summed E-state index contributed by atoms with van der Waals surface area (Å²) in [5, 5.41) is 7.57. The van der Waals surface area contributed by atoms with E-state index in [2.05, 4.69) is 277 Å². The Hall–Kier alpha value is -13.9. The van der Waals surface area contributed by atoms with Gasteiger partial charge >= 0.3 is 0 Å². The molecule has 20 rings (SSSR count). The molecular weight excluding hydrogens is 1600 g/mol. The first-order chi connectivity index (χ1) is 61.5. The van der Waals surface area contributed by atoms with Crippen molar-refractivity contribution in [2.24, 2.45) is 0 Å². The number of aryl methyl sites for hydroxylation is 6. The van der Waals surface area contributed by atoms with E-state index in [-0.39, 0.29) is 22.5 Å². The predicted molar refractivity (Wildman–Crippen MR) is 543 cm³/mol. The molecule has 2 aromatic heterocycles. The van der Waals surface area contributed by atoms with E-state index in [1.165, 1.54) is 87.6 Å². The number of halogens is 2.